The van der Waals surface area contributed by atoms with E-state index < -0.39 is 0 Å². The van der Waals surface area contributed by atoms with Crippen LogP contribution >= 0.6 is 24.0 Å². The first-order valence-electron chi connectivity index (χ1n) is 6.37. The number of halogens is 1. The summed E-state index contributed by atoms with van der Waals surface area (Å²) in [6.45, 7) is 2.90. The average Bonchev–Trinajstić information content (AvgIpc) is 2.79. The lowest BCUT2D eigenvalue weighted by Crippen LogP contribution is -2.34. The maximum absolute atomic E-state index is 5.73. The Morgan fingerprint density at radius 3 is 3.16 bits per heavy atom. The molecular formula is C12H22IN5O. The van der Waals surface area contributed by atoms with Crippen molar-refractivity contribution >= 4 is 29.9 Å². The van der Waals surface area contributed by atoms with Crippen molar-refractivity contribution < 1.29 is 4.74 Å². The number of hydrogen-bond acceptors (Lipinski definition) is 3. The second kappa shape index (κ2) is 8.36. The number of imidazole rings is 1. The maximum Gasteiger partial charge on any atom is 0.189 e. The summed E-state index contributed by atoms with van der Waals surface area (Å²) in [6, 6.07) is 0. The number of rotatable bonds is 5. The predicted molar refractivity (Wildman–Crippen MR) is 85.8 cm³/mol. The number of nitrogens with two attached hydrogens (primary N) is 1. The zero-order valence-corrected chi connectivity index (χ0v) is 13.6. The Labute approximate surface area is 130 Å². The fourth-order valence-electron chi connectivity index (χ4n) is 2.05. The molecule has 19 heavy (non-hydrogen) atoms. The van der Waals surface area contributed by atoms with Crippen LogP contribution in [0, 0.1) is 0 Å². The molecule has 0 radical (unpaired) electrons. The number of aliphatic imine (C=N–C) groups is 1. The molecule has 0 aliphatic carbocycles. The number of fused-ring (bicyclic) bond motifs is 1. The third-order valence-corrected chi connectivity index (χ3v) is 2.98. The number of aryl methyl sites for hydroxylation is 2. The molecule has 0 saturated heterocycles. The van der Waals surface area contributed by atoms with E-state index in [0.29, 0.717) is 25.7 Å². The van der Waals surface area contributed by atoms with E-state index in [9.17, 15) is 0 Å². The molecule has 0 saturated carbocycles. The molecule has 1 aliphatic heterocycles. The van der Waals surface area contributed by atoms with Crippen molar-refractivity contribution in [3.63, 3.8) is 0 Å². The van der Waals surface area contributed by atoms with Crippen LogP contribution in [0.2, 0.25) is 0 Å². The molecule has 108 valence electrons. The van der Waals surface area contributed by atoms with Crippen molar-refractivity contribution in [1.29, 1.82) is 0 Å². The lowest BCUT2D eigenvalue weighted by molar-refractivity contribution is 0.204. The standard InChI is InChI=1S/C12H21N5O.HI/c1-18-7-5-14-12(13)15-8-10-9-17-6-3-2-4-11(17)16-10;/h9H,2-8H2,1H3,(H3,13,14,15);1H. The first-order valence-corrected chi connectivity index (χ1v) is 6.37. The van der Waals surface area contributed by atoms with Gasteiger partial charge in [-0.25, -0.2) is 9.98 Å². The Hall–Kier alpha value is -0.830. The molecular weight excluding hydrogens is 357 g/mol. The highest BCUT2D eigenvalue weighted by Crippen LogP contribution is 2.14. The van der Waals surface area contributed by atoms with E-state index in [1.54, 1.807) is 7.11 Å². The summed E-state index contributed by atoms with van der Waals surface area (Å²) in [5, 5.41) is 2.98. The molecule has 0 spiro atoms. The highest BCUT2D eigenvalue weighted by Gasteiger charge is 2.11. The van der Waals surface area contributed by atoms with Crippen molar-refractivity contribution in [2.75, 3.05) is 20.3 Å². The molecule has 0 unspecified atom stereocenters. The van der Waals surface area contributed by atoms with Gasteiger partial charge in [-0.1, -0.05) is 0 Å². The predicted octanol–water partition coefficient (Wildman–Crippen LogP) is 0.888. The maximum atomic E-state index is 5.73. The lowest BCUT2D eigenvalue weighted by atomic mass is 10.2. The zero-order valence-electron chi connectivity index (χ0n) is 11.3. The number of nitrogens with one attached hydrogen (secondary N) is 1. The summed E-state index contributed by atoms with van der Waals surface area (Å²) in [5.74, 6) is 1.62. The van der Waals surface area contributed by atoms with Crippen LogP contribution < -0.4 is 11.1 Å². The van der Waals surface area contributed by atoms with Gasteiger partial charge < -0.3 is 20.4 Å². The number of guanidine groups is 1. The Balaban J connectivity index is 0.00000180. The van der Waals surface area contributed by atoms with Crippen molar-refractivity contribution in [3.05, 3.63) is 17.7 Å². The Bertz CT molecular complexity index is 395. The van der Waals surface area contributed by atoms with E-state index >= 15 is 0 Å². The van der Waals surface area contributed by atoms with Gasteiger partial charge in [0.15, 0.2) is 5.96 Å². The lowest BCUT2D eigenvalue weighted by Gasteiger charge is -2.11. The van der Waals surface area contributed by atoms with Crippen molar-refractivity contribution in [1.82, 2.24) is 14.9 Å². The largest absolute Gasteiger partial charge is 0.383 e. The highest BCUT2D eigenvalue weighted by atomic mass is 127. The summed E-state index contributed by atoms with van der Waals surface area (Å²) in [7, 11) is 1.66. The smallest absolute Gasteiger partial charge is 0.189 e. The van der Waals surface area contributed by atoms with Gasteiger partial charge in [-0.2, -0.15) is 0 Å². The van der Waals surface area contributed by atoms with Gasteiger partial charge in [-0.15, -0.1) is 24.0 Å². The van der Waals surface area contributed by atoms with Gasteiger partial charge in [0.25, 0.3) is 0 Å². The number of methoxy groups -OCH3 is 1. The first-order chi connectivity index (χ1) is 8.79. The molecule has 6 nitrogen and oxygen atoms in total. The molecule has 0 bridgehead atoms. The van der Waals surface area contributed by atoms with Crippen LogP contribution in [0.5, 0.6) is 0 Å². The molecule has 0 atom stereocenters. The Morgan fingerprint density at radius 2 is 2.42 bits per heavy atom. The van der Waals surface area contributed by atoms with Crippen LogP contribution in [0.15, 0.2) is 11.2 Å². The SMILES string of the molecule is COCCNC(N)=NCc1cn2c(n1)CCCC2.I. The van der Waals surface area contributed by atoms with E-state index in [1.165, 1.54) is 18.7 Å². The van der Waals surface area contributed by atoms with Crippen molar-refractivity contribution in [2.45, 2.75) is 32.4 Å². The molecule has 2 heterocycles. The quantitative estimate of drug-likeness (QED) is 0.345. The van der Waals surface area contributed by atoms with Crippen LogP contribution in [0.25, 0.3) is 0 Å². The minimum absolute atomic E-state index is 0. The summed E-state index contributed by atoms with van der Waals surface area (Å²) in [6.07, 6.45) is 5.64. The van der Waals surface area contributed by atoms with Gasteiger partial charge in [0, 0.05) is 32.8 Å². The molecule has 3 N–H and O–H groups in total. The number of nitrogens with zero attached hydrogens (tertiary/aromatic N) is 3. The molecule has 2 rings (SSSR count). The Kier molecular flexibility index (Phi) is 7.14. The van der Waals surface area contributed by atoms with Gasteiger partial charge in [0.05, 0.1) is 18.8 Å². The third-order valence-electron chi connectivity index (χ3n) is 2.98. The molecule has 1 aromatic heterocycles. The summed E-state index contributed by atoms with van der Waals surface area (Å²) < 4.78 is 7.15. The summed E-state index contributed by atoms with van der Waals surface area (Å²) >= 11 is 0. The molecule has 0 aromatic carbocycles. The summed E-state index contributed by atoms with van der Waals surface area (Å²) in [5.41, 5.74) is 6.72. The van der Waals surface area contributed by atoms with E-state index in [1.807, 2.05) is 0 Å². The fourth-order valence-corrected chi connectivity index (χ4v) is 2.05. The minimum atomic E-state index is 0. The zero-order chi connectivity index (χ0) is 12.8. The number of ether oxygens (including phenoxy) is 1. The van der Waals surface area contributed by atoms with Gasteiger partial charge in [-0.3, -0.25) is 0 Å². The first kappa shape index (κ1) is 16.2. The van der Waals surface area contributed by atoms with Crippen LogP contribution in [0.3, 0.4) is 0 Å². The molecule has 0 fully saturated rings. The van der Waals surface area contributed by atoms with Crippen LogP contribution in [0.1, 0.15) is 24.4 Å². The highest BCUT2D eigenvalue weighted by molar-refractivity contribution is 14.0. The van der Waals surface area contributed by atoms with E-state index in [4.69, 9.17) is 10.5 Å². The topological polar surface area (TPSA) is 77.5 Å². The van der Waals surface area contributed by atoms with Crippen molar-refractivity contribution in [2.24, 2.45) is 10.7 Å². The van der Waals surface area contributed by atoms with Crippen LogP contribution in [-0.4, -0.2) is 35.8 Å². The van der Waals surface area contributed by atoms with Gasteiger partial charge in [0.1, 0.15) is 5.82 Å². The van der Waals surface area contributed by atoms with Crippen LogP contribution in [-0.2, 0) is 24.2 Å². The monoisotopic (exact) mass is 379 g/mol. The molecule has 7 heteroatoms. The Morgan fingerprint density at radius 1 is 1.58 bits per heavy atom. The summed E-state index contributed by atoms with van der Waals surface area (Å²) in [4.78, 5) is 8.83. The number of hydrogen-bond donors (Lipinski definition) is 2. The normalized spacial score (nSPS) is 14.7. The third kappa shape index (κ3) is 4.98. The molecule has 1 aliphatic rings. The van der Waals surface area contributed by atoms with Gasteiger partial charge in [-0.05, 0) is 12.8 Å². The second-order valence-corrected chi connectivity index (χ2v) is 4.42. The van der Waals surface area contributed by atoms with Gasteiger partial charge in [0.2, 0.25) is 0 Å². The van der Waals surface area contributed by atoms with Gasteiger partial charge >= 0.3 is 0 Å². The average molecular weight is 379 g/mol. The number of aromatic nitrogens is 2. The molecule has 0 amide bonds. The van der Waals surface area contributed by atoms with E-state index in [-0.39, 0.29) is 24.0 Å². The fraction of sp³-hybridized carbons (Fsp3) is 0.667. The molecule has 1 aromatic rings. The minimum Gasteiger partial charge on any atom is -0.383 e. The van der Waals surface area contributed by atoms with E-state index in [0.717, 1.165) is 18.7 Å². The van der Waals surface area contributed by atoms with Crippen molar-refractivity contribution in [3.8, 4) is 0 Å². The van der Waals surface area contributed by atoms with E-state index in [2.05, 4.69) is 26.1 Å². The van der Waals surface area contributed by atoms with Crippen LogP contribution in [0.4, 0.5) is 0 Å². The second-order valence-electron chi connectivity index (χ2n) is 4.42.